The zero-order valence-corrected chi connectivity index (χ0v) is 10.1. The van der Waals surface area contributed by atoms with Crippen molar-refractivity contribution in [2.75, 3.05) is 19.6 Å². The largest absolute Gasteiger partial charge is 1.00 e. The maximum atomic E-state index is 11.1. The number of aliphatic hydroxyl groups excluding tert-OH is 1. The van der Waals surface area contributed by atoms with Gasteiger partial charge in [0.1, 0.15) is 6.35 Å². The number of hydrogen-bond donors (Lipinski definition) is 1. The quantitative estimate of drug-likeness (QED) is 0.411. The van der Waals surface area contributed by atoms with Gasteiger partial charge in [-0.3, -0.25) is 4.57 Å². The molecule has 62 valence electrons. The van der Waals surface area contributed by atoms with Crippen LogP contribution in [-0.2, 0) is 13.6 Å². The molecule has 0 aliphatic heterocycles. The van der Waals surface area contributed by atoms with Gasteiger partial charge >= 0.3 is 37.2 Å². The van der Waals surface area contributed by atoms with Crippen molar-refractivity contribution in [1.82, 2.24) is 0 Å². The predicted octanol–water partition coefficient (Wildman–Crippen LogP) is -1.79. The van der Waals surface area contributed by atoms with Crippen LogP contribution in [0.3, 0.4) is 0 Å². The number of hydrogen-bond acceptors (Lipinski definition) is 4. The van der Waals surface area contributed by atoms with Gasteiger partial charge in [-0.25, -0.2) is 0 Å². The van der Waals surface area contributed by atoms with Crippen molar-refractivity contribution in [1.29, 1.82) is 0 Å². The molecular formula is C5H13NaO4P+. The molecule has 0 radical (unpaired) electrons. The molecule has 0 spiro atoms. The van der Waals surface area contributed by atoms with E-state index in [0.717, 1.165) is 0 Å². The summed E-state index contributed by atoms with van der Waals surface area (Å²) in [5.74, 6) is 0. The van der Waals surface area contributed by atoms with Crippen LogP contribution in [0, 0.1) is 0 Å². The van der Waals surface area contributed by atoms with Crippen LogP contribution in [0.2, 0.25) is 0 Å². The summed E-state index contributed by atoms with van der Waals surface area (Å²) in [5.41, 5.74) is 0. The van der Waals surface area contributed by atoms with Gasteiger partial charge in [-0.1, -0.05) is 0 Å². The van der Waals surface area contributed by atoms with Gasteiger partial charge in [0.05, 0.1) is 13.2 Å². The van der Waals surface area contributed by atoms with Gasteiger partial charge in [0.25, 0.3) is 0 Å². The summed E-state index contributed by atoms with van der Waals surface area (Å²) in [6.45, 7) is 3.97. The molecule has 0 unspecified atom stereocenters. The molecule has 0 aromatic heterocycles. The Balaban J connectivity index is 0. The van der Waals surface area contributed by atoms with E-state index in [4.69, 9.17) is 14.2 Å². The molecular weight excluding hydrogens is 178 g/mol. The average Bonchev–Trinajstić information content (AvgIpc) is 1.89. The third kappa shape index (κ3) is 6.29. The zero-order chi connectivity index (χ0) is 8.04. The van der Waals surface area contributed by atoms with Crippen LogP contribution in [0.4, 0.5) is 0 Å². The molecule has 0 fully saturated rings. The summed E-state index contributed by atoms with van der Waals surface area (Å²) in [4.78, 5) is 0. The SMILES string of the molecule is CCOP(=O)(CO)OCC.[Na+]. The standard InChI is InChI=1S/C5H13O4P.Na/c1-3-8-10(7,5-6)9-4-2;/h6H,3-5H2,1-2H3;/q;+1. The first kappa shape index (κ1) is 14.6. The molecule has 0 atom stereocenters. The van der Waals surface area contributed by atoms with E-state index in [1.165, 1.54) is 0 Å². The van der Waals surface area contributed by atoms with E-state index >= 15 is 0 Å². The summed E-state index contributed by atoms with van der Waals surface area (Å²) < 4.78 is 20.5. The normalized spacial score (nSPS) is 10.8. The fraction of sp³-hybridized carbons (Fsp3) is 1.00. The van der Waals surface area contributed by atoms with Crippen LogP contribution in [0.15, 0.2) is 0 Å². The minimum Gasteiger partial charge on any atom is -0.384 e. The molecule has 0 aliphatic carbocycles. The van der Waals surface area contributed by atoms with E-state index in [2.05, 4.69) is 0 Å². The topological polar surface area (TPSA) is 55.8 Å². The smallest absolute Gasteiger partial charge is 0.384 e. The molecule has 0 saturated carbocycles. The molecule has 0 heterocycles. The third-order valence-electron chi connectivity index (χ3n) is 0.825. The van der Waals surface area contributed by atoms with E-state index in [1.54, 1.807) is 13.8 Å². The second-order valence-corrected chi connectivity index (χ2v) is 3.61. The Kier molecular flexibility index (Phi) is 10.3. The Hall–Kier alpha value is 1.11. The van der Waals surface area contributed by atoms with Gasteiger partial charge < -0.3 is 14.2 Å². The molecule has 0 saturated heterocycles. The van der Waals surface area contributed by atoms with Crippen LogP contribution >= 0.6 is 7.60 Å². The van der Waals surface area contributed by atoms with Gasteiger partial charge in [0.2, 0.25) is 0 Å². The molecule has 0 amide bonds. The van der Waals surface area contributed by atoms with E-state index in [0.29, 0.717) is 0 Å². The van der Waals surface area contributed by atoms with Gasteiger partial charge in [-0.2, -0.15) is 0 Å². The van der Waals surface area contributed by atoms with Crippen LogP contribution in [-0.4, -0.2) is 24.7 Å². The molecule has 11 heavy (non-hydrogen) atoms. The molecule has 6 heteroatoms. The van der Waals surface area contributed by atoms with Gasteiger partial charge in [-0.05, 0) is 13.8 Å². The first-order valence-corrected chi connectivity index (χ1v) is 4.90. The summed E-state index contributed by atoms with van der Waals surface area (Å²) >= 11 is 0. The first-order chi connectivity index (χ1) is 4.68. The maximum Gasteiger partial charge on any atom is 1.00 e. The fourth-order valence-electron chi connectivity index (χ4n) is 0.512. The van der Waals surface area contributed by atoms with Crippen molar-refractivity contribution in [3.63, 3.8) is 0 Å². The Morgan fingerprint density at radius 1 is 1.27 bits per heavy atom. The molecule has 0 aromatic rings. The zero-order valence-electron chi connectivity index (χ0n) is 7.24. The molecule has 0 aromatic carbocycles. The molecule has 1 N–H and O–H groups in total. The average molecular weight is 191 g/mol. The Morgan fingerprint density at radius 3 is 1.82 bits per heavy atom. The summed E-state index contributed by atoms with van der Waals surface area (Å²) in [6, 6.07) is 0. The van der Waals surface area contributed by atoms with Crippen LogP contribution in [0.5, 0.6) is 0 Å². The van der Waals surface area contributed by atoms with E-state index in [9.17, 15) is 4.57 Å². The summed E-state index contributed by atoms with van der Waals surface area (Å²) in [7, 11) is -3.14. The Labute approximate surface area is 89.1 Å². The number of rotatable bonds is 5. The van der Waals surface area contributed by atoms with Gasteiger partial charge in [-0.15, -0.1) is 0 Å². The van der Waals surface area contributed by atoms with Crippen molar-refractivity contribution in [2.45, 2.75) is 13.8 Å². The summed E-state index contributed by atoms with van der Waals surface area (Å²) in [6.07, 6.45) is -0.547. The molecule has 4 nitrogen and oxygen atoms in total. The Morgan fingerprint density at radius 2 is 1.64 bits per heavy atom. The van der Waals surface area contributed by atoms with Crippen LogP contribution in [0.1, 0.15) is 13.8 Å². The van der Waals surface area contributed by atoms with Crippen molar-refractivity contribution < 1.29 is 48.3 Å². The molecule has 0 rings (SSSR count). The second kappa shape index (κ2) is 7.74. The Bertz CT molecular complexity index is 120. The maximum absolute atomic E-state index is 11.1. The second-order valence-electron chi connectivity index (χ2n) is 1.59. The predicted molar refractivity (Wildman–Crippen MR) is 37.9 cm³/mol. The molecule has 0 bridgehead atoms. The van der Waals surface area contributed by atoms with Crippen molar-refractivity contribution in [2.24, 2.45) is 0 Å². The first-order valence-electron chi connectivity index (χ1n) is 3.17. The molecule has 0 aliphatic rings. The van der Waals surface area contributed by atoms with E-state index in [-0.39, 0.29) is 42.8 Å². The van der Waals surface area contributed by atoms with Gasteiger partial charge in [0, 0.05) is 0 Å². The minimum atomic E-state index is -3.14. The van der Waals surface area contributed by atoms with E-state index in [1.807, 2.05) is 0 Å². The minimum absolute atomic E-state index is 0. The third-order valence-corrected chi connectivity index (χ3v) is 2.47. The summed E-state index contributed by atoms with van der Waals surface area (Å²) in [5, 5.41) is 8.53. The van der Waals surface area contributed by atoms with Gasteiger partial charge in [0.15, 0.2) is 0 Å². The monoisotopic (exact) mass is 191 g/mol. The number of aliphatic hydroxyl groups is 1. The van der Waals surface area contributed by atoms with Crippen LogP contribution < -0.4 is 29.6 Å². The van der Waals surface area contributed by atoms with Crippen LogP contribution in [0.25, 0.3) is 0 Å². The fourth-order valence-corrected chi connectivity index (χ4v) is 1.54. The van der Waals surface area contributed by atoms with Crippen molar-refractivity contribution in [3.05, 3.63) is 0 Å². The van der Waals surface area contributed by atoms with E-state index < -0.39 is 13.9 Å². The van der Waals surface area contributed by atoms with Crippen molar-refractivity contribution >= 4 is 7.60 Å². The van der Waals surface area contributed by atoms with Crippen molar-refractivity contribution in [3.8, 4) is 0 Å².